The van der Waals surface area contributed by atoms with E-state index < -0.39 is 13.9 Å². The van der Waals surface area contributed by atoms with Crippen molar-refractivity contribution in [2.75, 3.05) is 20.8 Å². The van der Waals surface area contributed by atoms with Crippen LogP contribution in [0.1, 0.15) is 109 Å². The molecule has 0 N–H and O–H groups in total. The summed E-state index contributed by atoms with van der Waals surface area (Å²) in [6.07, 6.45) is 13.2. The summed E-state index contributed by atoms with van der Waals surface area (Å²) >= 11 is 0. The molecule has 2 aromatic rings. The SMILES string of the molecule is C=C(C[C@H](OCc1ccc(OC)cc1)C(C)(COCc1ccc(OC)cc1)O[Si](C)(C)C(C)(C)C)OB(C1CCCCC1)C1CCCCC1. The van der Waals surface area contributed by atoms with Crippen LogP contribution in [0.25, 0.3) is 0 Å². The fraction of sp³-hybridized carbons (Fsp3) is 0.659. The van der Waals surface area contributed by atoms with Gasteiger partial charge in [0.15, 0.2) is 8.32 Å². The minimum Gasteiger partial charge on any atom is -0.563 e. The van der Waals surface area contributed by atoms with Crippen molar-refractivity contribution in [2.24, 2.45) is 0 Å². The van der Waals surface area contributed by atoms with E-state index >= 15 is 0 Å². The summed E-state index contributed by atoms with van der Waals surface area (Å²) in [6.45, 7) is 19.7. The van der Waals surface area contributed by atoms with E-state index in [1.165, 1.54) is 64.2 Å². The summed E-state index contributed by atoms with van der Waals surface area (Å²) in [5, 5.41) is 0.00530. The van der Waals surface area contributed by atoms with Gasteiger partial charge in [-0.3, -0.25) is 0 Å². The molecule has 2 atom stereocenters. The summed E-state index contributed by atoms with van der Waals surface area (Å²) in [6, 6.07) is 16.1. The molecule has 2 aliphatic rings. The standard InChI is InChI=1S/C41H65BO6Si/c1-32(47-42(35-16-12-10-13-17-35)36-18-14-11-15-19-36)28-39(46-30-34-22-26-38(44-7)27-23-34)41(5,48-49(8,9)40(2,3)4)31-45-29-33-20-24-37(43-6)25-21-33/h20-27,35-36,39H,1,10-19,28-31H2,2-9H3/t39-,41?/m0/s1. The summed E-state index contributed by atoms with van der Waals surface area (Å²) in [7, 11) is 1.11. The van der Waals surface area contributed by atoms with Crippen LogP contribution < -0.4 is 9.47 Å². The molecular weight excluding hydrogens is 627 g/mol. The Morgan fingerprint density at radius 2 is 1.22 bits per heavy atom. The molecule has 49 heavy (non-hydrogen) atoms. The smallest absolute Gasteiger partial charge is 0.363 e. The molecule has 0 radical (unpaired) electrons. The first kappa shape index (κ1) is 39.5. The Morgan fingerprint density at radius 3 is 1.67 bits per heavy atom. The third-order valence-corrected chi connectivity index (χ3v) is 15.9. The molecule has 0 heterocycles. The van der Waals surface area contributed by atoms with E-state index in [9.17, 15) is 0 Å². The van der Waals surface area contributed by atoms with Crippen LogP contribution in [-0.4, -0.2) is 47.8 Å². The zero-order valence-corrected chi connectivity index (χ0v) is 33.0. The summed E-state index contributed by atoms with van der Waals surface area (Å²) < 4.78 is 38.6. The lowest BCUT2D eigenvalue weighted by atomic mass is 9.41. The van der Waals surface area contributed by atoms with Gasteiger partial charge in [0.25, 0.3) is 0 Å². The normalized spacial score (nSPS) is 18.4. The summed E-state index contributed by atoms with van der Waals surface area (Å²) in [5.41, 5.74) is 1.41. The second-order valence-electron chi connectivity index (χ2n) is 16.3. The van der Waals surface area contributed by atoms with Gasteiger partial charge in [-0.05, 0) is 72.1 Å². The highest BCUT2D eigenvalue weighted by Crippen LogP contribution is 2.44. The molecule has 0 bridgehead atoms. The fourth-order valence-electron chi connectivity index (χ4n) is 7.34. The second kappa shape index (κ2) is 18.3. The monoisotopic (exact) mass is 692 g/mol. The minimum absolute atomic E-state index is 0.00530. The molecule has 2 aliphatic carbocycles. The highest BCUT2D eigenvalue weighted by atomic mass is 28.4. The Kier molecular flexibility index (Phi) is 14.8. The molecule has 0 amide bonds. The maximum Gasteiger partial charge on any atom is 0.363 e. The molecule has 6 nitrogen and oxygen atoms in total. The second-order valence-corrected chi connectivity index (χ2v) is 21.0. The Hall–Kier alpha value is -2.26. The molecule has 2 aromatic carbocycles. The molecule has 1 unspecified atom stereocenters. The van der Waals surface area contributed by atoms with E-state index in [1.807, 2.05) is 24.3 Å². The van der Waals surface area contributed by atoms with Crippen molar-refractivity contribution < 1.29 is 28.0 Å². The van der Waals surface area contributed by atoms with Crippen LogP contribution in [0.3, 0.4) is 0 Å². The van der Waals surface area contributed by atoms with E-state index in [0.29, 0.717) is 37.9 Å². The zero-order valence-electron chi connectivity index (χ0n) is 32.0. The third-order valence-electron chi connectivity index (χ3n) is 11.3. The lowest BCUT2D eigenvalue weighted by Crippen LogP contribution is -2.56. The van der Waals surface area contributed by atoms with Crippen molar-refractivity contribution in [3.8, 4) is 11.5 Å². The Balaban J connectivity index is 1.60. The molecule has 4 rings (SSSR count). The van der Waals surface area contributed by atoms with Crippen LogP contribution in [0.15, 0.2) is 60.9 Å². The van der Waals surface area contributed by atoms with Gasteiger partial charge in [-0.25, -0.2) is 0 Å². The third kappa shape index (κ3) is 11.6. The summed E-state index contributed by atoms with van der Waals surface area (Å²) in [5.74, 6) is 3.68. The van der Waals surface area contributed by atoms with Gasteiger partial charge in [-0.1, -0.05) is 116 Å². The minimum atomic E-state index is -2.27. The maximum absolute atomic E-state index is 7.34. The summed E-state index contributed by atoms with van der Waals surface area (Å²) in [4.78, 5) is 0. The van der Waals surface area contributed by atoms with Crippen LogP contribution in [0.5, 0.6) is 11.5 Å². The Labute approximate surface area is 299 Å². The van der Waals surface area contributed by atoms with Crippen molar-refractivity contribution >= 4 is 15.2 Å². The first-order valence-corrected chi connectivity index (χ1v) is 21.7. The molecule has 0 aliphatic heterocycles. The average molecular weight is 693 g/mol. The number of methoxy groups -OCH3 is 2. The molecule has 0 spiro atoms. The molecule has 0 saturated heterocycles. The van der Waals surface area contributed by atoms with Crippen LogP contribution in [0.2, 0.25) is 29.8 Å². The fourth-order valence-corrected chi connectivity index (χ4v) is 9.00. The van der Waals surface area contributed by atoms with E-state index in [2.05, 4.69) is 71.6 Å². The quantitative estimate of drug-likeness (QED) is 0.114. The van der Waals surface area contributed by atoms with Crippen molar-refractivity contribution in [3.63, 3.8) is 0 Å². The Morgan fingerprint density at radius 1 is 0.755 bits per heavy atom. The van der Waals surface area contributed by atoms with Gasteiger partial charge in [0.2, 0.25) is 0 Å². The lowest BCUT2D eigenvalue weighted by Gasteiger charge is -2.47. The van der Waals surface area contributed by atoms with E-state index in [0.717, 1.165) is 28.4 Å². The van der Waals surface area contributed by atoms with Crippen molar-refractivity contribution in [1.82, 2.24) is 0 Å². The van der Waals surface area contributed by atoms with Crippen molar-refractivity contribution in [2.45, 2.75) is 153 Å². The molecule has 8 heteroatoms. The van der Waals surface area contributed by atoms with Gasteiger partial charge >= 0.3 is 6.92 Å². The molecule has 2 fully saturated rings. The molecule has 272 valence electrons. The van der Waals surface area contributed by atoms with Gasteiger partial charge in [0, 0.05) is 6.42 Å². The van der Waals surface area contributed by atoms with E-state index in [-0.39, 0.29) is 18.1 Å². The largest absolute Gasteiger partial charge is 0.563 e. The zero-order chi connectivity index (χ0) is 35.5. The molecule has 2 saturated carbocycles. The first-order chi connectivity index (χ1) is 23.3. The first-order valence-electron chi connectivity index (χ1n) is 18.8. The number of ether oxygens (including phenoxy) is 4. The van der Waals surface area contributed by atoms with Gasteiger partial charge in [0.05, 0.1) is 45.9 Å². The van der Waals surface area contributed by atoms with E-state index in [4.69, 9.17) is 28.0 Å². The predicted molar refractivity (Wildman–Crippen MR) is 205 cm³/mol. The average Bonchev–Trinajstić information content (AvgIpc) is 3.09. The number of hydrogen-bond acceptors (Lipinski definition) is 6. The highest BCUT2D eigenvalue weighted by molar-refractivity contribution is 6.74. The number of rotatable bonds is 18. The van der Waals surface area contributed by atoms with Crippen LogP contribution in [-0.2, 0) is 31.8 Å². The molecular formula is C41H65BO6Si. The van der Waals surface area contributed by atoms with Gasteiger partial charge in [-0.2, -0.15) is 0 Å². The Bertz CT molecular complexity index is 1250. The maximum atomic E-state index is 7.34. The molecule has 0 aromatic heterocycles. The van der Waals surface area contributed by atoms with Crippen molar-refractivity contribution in [1.29, 1.82) is 0 Å². The predicted octanol–water partition coefficient (Wildman–Crippen LogP) is 11.2. The van der Waals surface area contributed by atoms with Gasteiger partial charge in [0.1, 0.15) is 17.1 Å². The van der Waals surface area contributed by atoms with Crippen LogP contribution in [0, 0.1) is 0 Å². The number of benzene rings is 2. The topological polar surface area (TPSA) is 55.4 Å². The van der Waals surface area contributed by atoms with Crippen molar-refractivity contribution in [3.05, 3.63) is 72.0 Å². The van der Waals surface area contributed by atoms with E-state index in [1.54, 1.807) is 14.2 Å². The number of hydrogen-bond donors (Lipinski definition) is 0. The highest BCUT2D eigenvalue weighted by Gasteiger charge is 2.48. The van der Waals surface area contributed by atoms with Gasteiger partial charge in [-0.15, -0.1) is 0 Å². The lowest BCUT2D eigenvalue weighted by molar-refractivity contribution is -0.134. The van der Waals surface area contributed by atoms with Crippen LogP contribution >= 0.6 is 0 Å². The van der Waals surface area contributed by atoms with Gasteiger partial charge < -0.3 is 28.0 Å². The van der Waals surface area contributed by atoms with Crippen LogP contribution in [0.4, 0.5) is 0 Å².